The molecule has 6 nitrogen and oxygen atoms in total. The highest BCUT2D eigenvalue weighted by Gasteiger charge is 2.23. The second-order valence-corrected chi connectivity index (χ2v) is 8.75. The summed E-state index contributed by atoms with van der Waals surface area (Å²) in [5, 5.41) is 3.00. The topological polar surface area (TPSA) is 70.4 Å². The van der Waals surface area contributed by atoms with Crippen LogP contribution in [-0.4, -0.2) is 31.7 Å². The van der Waals surface area contributed by atoms with E-state index in [0.29, 0.717) is 13.1 Å². The Kier molecular flexibility index (Phi) is 7.98. The fourth-order valence-corrected chi connectivity index (χ4v) is 4.53. The second-order valence-electron chi connectivity index (χ2n) is 6.41. The van der Waals surface area contributed by atoms with Crippen LogP contribution < -0.4 is 9.88 Å². The Morgan fingerprint density at radius 1 is 1.11 bits per heavy atom. The molecule has 1 heterocycles. The minimum atomic E-state index is -3.63. The second kappa shape index (κ2) is 10.0. The van der Waals surface area contributed by atoms with Crippen molar-refractivity contribution in [2.75, 3.05) is 18.4 Å². The molecule has 2 rings (SSSR count). The van der Waals surface area contributed by atoms with Gasteiger partial charge >= 0.3 is 0 Å². The molecule has 0 bridgehead atoms. The van der Waals surface area contributed by atoms with E-state index in [2.05, 4.69) is 12.2 Å². The molecule has 0 atom stereocenters. The number of nitrogens with zero attached hydrogens (tertiary/aromatic N) is 2. The van der Waals surface area contributed by atoms with Gasteiger partial charge in [-0.15, -0.1) is 0 Å². The SMILES string of the molecule is CCCc1cc[n+](CC(=O)Nc2cc(S(=O)(=O)N(CC)CC)ccc2Cl)cc1. The average molecular weight is 425 g/mol. The molecule has 28 heavy (non-hydrogen) atoms. The van der Waals surface area contributed by atoms with Crippen LogP contribution in [0.4, 0.5) is 5.69 Å². The van der Waals surface area contributed by atoms with Crippen LogP contribution in [0.2, 0.25) is 5.02 Å². The quantitative estimate of drug-likeness (QED) is 0.628. The van der Waals surface area contributed by atoms with Crippen LogP contribution in [0.3, 0.4) is 0 Å². The lowest BCUT2D eigenvalue weighted by Crippen LogP contribution is -2.39. The van der Waals surface area contributed by atoms with Crippen molar-refractivity contribution in [1.29, 1.82) is 0 Å². The van der Waals surface area contributed by atoms with Crippen LogP contribution in [0.15, 0.2) is 47.6 Å². The summed E-state index contributed by atoms with van der Waals surface area (Å²) in [7, 11) is -3.63. The van der Waals surface area contributed by atoms with E-state index >= 15 is 0 Å². The van der Waals surface area contributed by atoms with Gasteiger partial charge in [0.15, 0.2) is 12.4 Å². The third-order valence-electron chi connectivity index (χ3n) is 4.38. The number of carbonyl (C=O) groups excluding carboxylic acids is 1. The summed E-state index contributed by atoms with van der Waals surface area (Å²) < 4.78 is 28.5. The smallest absolute Gasteiger partial charge is 0.290 e. The average Bonchev–Trinajstić information content (AvgIpc) is 2.66. The number of nitrogens with one attached hydrogen (secondary N) is 1. The monoisotopic (exact) mass is 424 g/mol. The van der Waals surface area contributed by atoms with Crippen LogP contribution in [0.25, 0.3) is 0 Å². The number of anilines is 1. The maximum absolute atomic E-state index is 12.7. The number of amides is 1. The molecule has 8 heteroatoms. The van der Waals surface area contributed by atoms with Crippen molar-refractivity contribution in [1.82, 2.24) is 4.31 Å². The number of hydrogen-bond acceptors (Lipinski definition) is 3. The molecule has 1 amide bonds. The summed E-state index contributed by atoms with van der Waals surface area (Å²) in [5.41, 5.74) is 1.50. The molecule has 0 aliphatic heterocycles. The molecule has 1 N–H and O–H groups in total. The molecule has 1 aromatic carbocycles. The molecule has 0 aliphatic carbocycles. The Bertz CT molecular complexity index is 911. The van der Waals surface area contributed by atoms with Crippen LogP contribution in [0.5, 0.6) is 0 Å². The number of aromatic nitrogens is 1. The fraction of sp³-hybridized carbons (Fsp3) is 0.400. The van der Waals surface area contributed by atoms with Crippen molar-refractivity contribution in [3.05, 3.63) is 53.3 Å². The number of carbonyl (C=O) groups is 1. The van der Waals surface area contributed by atoms with Crippen molar-refractivity contribution in [3.63, 3.8) is 0 Å². The predicted octanol–water partition coefficient (Wildman–Crippen LogP) is 3.25. The number of rotatable bonds is 9. The van der Waals surface area contributed by atoms with Gasteiger partial charge in [0.1, 0.15) is 0 Å². The van der Waals surface area contributed by atoms with E-state index in [-0.39, 0.29) is 28.1 Å². The largest absolute Gasteiger partial charge is 0.319 e. The summed E-state index contributed by atoms with van der Waals surface area (Å²) in [5.74, 6) is -0.285. The first-order valence-electron chi connectivity index (χ1n) is 9.39. The molecule has 2 aromatic rings. The summed E-state index contributed by atoms with van der Waals surface area (Å²) in [4.78, 5) is 12.5. The Labute approximate surface area is 172 Å². The standard InChI is InChI=1S/C20H26ClN3O3S/c1-4-7-16-10-12-23(13-11-16)15-20(25)22-19-14-17(8-9-18(19)21)28(26,27)24(5-2)6-3/h8-14H,4-7,15H2,1-3H3/p+1. The molecule has 0 unspecified atom stereocenters. The number of hydrogen-bond donors (Lipinski definition) is 1. The summed E-state index contributed by atoms with van der Waals surface area (Å²) in [6, 6.07) is 8.32. The molecule has 0 fully saturated rings. The van der Waals surface area contributed by atoms with Gasteiger partial charge in [-0.1, -0.05) is 38.8 Å². The van der Waals surface area contributed by atoms with Crippen LogP contribution in [0.1, 0.15) is 32.8 Å². The van der Waals surface area contributed by atoms with E-state index in [1.54, 1.807) is 18.4 Å². The zero-order valence-corrected chi connectivity index (χ0v) is 18.1. The predicted molar refractivity (Wildman–Crippen MR) is 111 cm³/mol. The Morgan fingerprint density at radius 3 is 2.32 bits per heavy atom. The molecule has 0 aliphatic rings. The molecular weight excluding hydrogens is 398 g/mol. The Balaban J connectivity index is 2.16. The van der Waals surface area contributed by atoms with Crippen LogP contribution in [-0.2, 0) is 27.8 Å². The minimum absolute atomic E-state index is 0.104. The first kappa shape index (κ1) is 22.3. The van der Waals surface area contributed by atoms with E-state index in [1.807, 2.05) is 24.5 Å². The molecule has 0 saturated carbocycles. The van der Waals surface area contributed by atoms with E-state index in [9.17, 15) is 13.2 Å². The van der Waals surface area contributed by atoms with Crippen LogP contribution >= 0.6 is 11.6 Å². The lowest BCUT2D eigenvalue weighted by molar-refractivity contribution is -0.684. The molecule has 0 saturated heterocycles. The summed E-state index contributed by atoms with van der Waals surface area (Å²) >= 11 is 6.17. The van der Waals surface area contributed by atoms with Gasteiger partial charge < -0.3 is 5.32 Å². The van der Waals surface area contributed by atoms with Crippen molar-refractivity contribution in [2.24, 2.45) is 0 Å². The van der Waals surface area contributed by atoms with Gasteiger partial charge in [0, 0.05) is 25.2 Å². The summed E-state index contributed by atoms with van der Waals surface area (Å²) in [6.07, 6.45) is 5.77. The van der Waals surface area contributed by atoms with E-state index in [0.717, 1.165) is 12.8 Å². The number of aryl methyl sites for hydroxylation is 1. The molecule has 0 radical (unpaired) electrons. The molecule has 152 valence electrons. The third kappa shape index (κ3) is 5.53. The highest BCUT2D eigenvalue weighted by molar-refractivity contribution is 7.89. The van der Waals surface area contributed by atoms with E-state index < -0.39 is 10.0 Å². The highest BCUT2D eigenvalue weighted by atomic mass is 35.5. The van der Waals surface area contributed by atoms with Gasteiger partial charge in [-0.3, -0.25) is 4.79 Å². The van der Waals surface area contributed by atoms with Crippen molar-refractivity contribution >= 4 is 33.2 Å². The number of pyridine rings is 1. The highest BCUT2D eigenvalue weighted by Crippen LogP contribution is 2.27. The van der Waals surface area contributed by atoms with Gasteiger partial charge in [-0.2, -0.15) is 8.87 Å². The van der Waals surface area contributed by atoms with Crippen LogP contribution in [0, 0.1) is 0 Å². The van der Waals surface area contributed by atoms with Crippen molar-refractivity contribution in [2.45, 2.75) is 45.1 Å². The van der Waals surface area contributed by atoms with Crippen molar-refractivity contribution < 1.29 is 17.8 Å². The number of sulfonamides is 1. The molecule has 1 aromatic heterocycles. The number of halogens is 1. The lowest BCUT2D eigenvalue weighted by Gasteiger charge is -2.19. The first-order chi connectivity index (χ1) is 13.3. The Hall–Kier alpha value is -1.96. The minimum Gasteiger partial charge on any atom is -0.319 e. The fourth-order valence-electron chi connectivity index (χ4n) is 2.88. The maximum Gasteiger partial charge on any atom is 0.290 e. The lowest BCUT2D eigenvalue weighted by atomic mass is 10.2. The molecule has 0 spiro atoms. The Morgan fingerprint density at radius 2 is 1.75 bits per heavy atom. The zero-order valence-electron chi connectivity index (χ0n) is 16.5. The zero-order chi connectivity index (χ0) is 20.7. The molecular formula is C20H27ClN3O3S+. The normalized spacial score (nSPS) is 11.6. The van der Waals surface area contributed by atoms with Gasteiger partial charge in [0.2, 0.25) is 16.6 Å². The van der Waals surface area contributed by atoms with Gasteiger partial charge in [-0.05, 0) is 30.2 Å². The van der Waals surface area contributed by atoms with Crippen molar-refractivity contribution in [3.8, 4) is 0 Å². The van der Waals surface area contributed by atoms with Gasteiger partial charge in [0.25, 0.3) is 5.91 Å². The third-order valence-corrected chi connectivity index (χ3v) is 6.76. The van der Waals surface area contributed by atoms with Gasteiger partial charge in [0.05, 0.1) is 15.6 Å². The van der Waals surface area contributed by atoms with E-state index in [1.165, 1.54) is 28.1 Å². The number of benzene rings is 1. The summed E-state index contributed by atoms with van der Waals surface area (Å²) in [6.45, 7) is 6.52. The maximum atomic E-state index is 12.7. The first-order valence-corrected chi connectivity index (χ1v) is 11.2. The van der Waals surface area contributed by atoms with E-state index in [4.69, 9.17) is 11.6 Å². The van der Waals surface area contributed by atoms with Gasteiger partial charge in [-0.25, -0.2) is 8.42 Å².